The summed E-state index contributed by atoms with van der Waals surface area (Å²) in [5, 5.41) is 12.3. The molecule has 0 radical (unpaired) electrons. The molecule has 1 aromatic heterocycles. The highest BCUT2D eigenvalue weighted by atomic mass is 32.2. The van der Waals surface area contributed by atoms with E-state index in [1.807, 2.05) is 0 Å². The number of nitrogens with zero attached hydrogens (tertiary/aromatic N) is 2. The lowest BCUT2D eigenvalue weighted by Crippen LogP contribution is -2.22. The minimum absolute atomic E-state index is 0.192. The molecule has 17 heavy (non-hydrogen) atoms. The van der Waals surface area contributed by atoms with Crippen molar-refractivity contribution in [2.45, 2.75) is 44.0 Å². The Bertz CT molecular complexity index is 480. The van der Waals surface area contributed by atoms with E-state index in [1.165, 1.54) is 0 Å². The van der Waals surface area contributed by atoms with Gasteiger partial charge in [0, 0.05) is 0 Å². The van der Waals surface area contributed by atoms with E-state index in [1.54, 1.807) is 6.92 Å². The van der Waals surface area contributed by atoms with Crippen molar-refractivity contribution in [1.29, 1.82) is 0 Å². The van der Waals surface area contributed by atoms with E-state index in [0.717, 1.165) is 6.42 Å². The van der Waals surface area contributed by atoms with Crippen LogP contribution in [0, 0.1) is 0 Å². The van der Waals surface area contributed by atoms with Crippen molar-refractivity contribution in [3.63, 3.8) is 0 Å². The minimum atomic E-state index is -3.14. The second-order valence-corrected chi connectivity index (χ2v) is 6.75. The first-order valence-electron chi connectivity index (χ1n) is 5.71. The highest BCUT2D eigenvalue weighted by Gasteiger charge is 2.34. The molecule has 0 spiro atoms. The van der Waals surface area contributed by atoms with Crippen LogP contribution < -0.4 is 0 Å². The fraction of sp³-hybridized carbons (Fsp3) is 0.800. The second-order valence-electron chi connectivity index (χ2n) is 4.45. The summed E-state index contributed by atoms with van der Waals surface area (Å²) < 4.78 is 28.6. The third kappa shape index (κ3) is 2.84. The van der Waals surface area contributed by atoms with Gasteiger partial charge in [-0.2, -0.15) is 4.98 Å². The molecule has 0 saturated carbocycles. The third-order valence-corrected chi connectivity index (χ3v) is 4.99. The first-order chi connectivity index (χ1) is 7.99. The molecular formula is C10H16N2O4S. The summed E-state index contributed by atoms with van der Waals surface area (Å²) >= 11 is 0. The van der Waals surface area contributed by atoms with Gasteiger partial charge in [-0.25, -0.2) is 8.42 Å². The van der Waals surface area contributed by atoms with E-state index in [9.17, 15) is 13.5 Å². The molecule has 1 aliphatic heterocycles. The molecule has 6 nitrogen and oxygen atoms in total. The van der Waals surface area contributed by atoms with Gasteiger partial charge in [-0.3, -0.25) is 0 Å². The number of rotatable bonds is 3. The summed E-state index contributed by atoms with van der Waals surface area (Å²) in [5.41, 5.74) is 0. The maximum absolute atomic E-state index is 11.8. The number of sulfone groups is 1. The van der Waals surface area contributed by atoms with E-state index in [0.29, 0.717) is 12.8 Å². The van der Waals surface area contributed by atoms with Gasteiger partial charge in [-0.1, -0.05) is 11.6 Å². The molecule has 0 bridgehead atoms. The topological polar surface area (TPSA) is 93.3 Å². The Hall–Kier alpha value is -0.950. The Labute approximate surface area is 99.9 Å². The number of aromatic nitrogens is 2. The van der Waals surface area contributed by atoms with Crippen molar-refractivity contribution in [3.8, 4) is 0 Å². The molecule has 2 atom stereocenters. The van der Waals surface area contributed by atoms with Crippen molar-refractivity contribution < 1.29 is 18.0 Å². The van der Waals surface area contributed by atoms with Crippen LogP contribution in [0.3, 0.4) is 0 Å². The van der Waals surface area contributed by atoms with Crippen molar-refractivity contribution in [2.24, 2.45) is 0 Å². The van der Waals surface area contributed by atoms with E-state index in [2.05, 4.69) is 10.1 Å². The lowest BCUT2D eigenvalue weighted by atomic mass is 10.2. The maximum Gasteiger partial charge on any atom is 0.229 e. The van der Waals surface area contributed by atoms with Crippen LogP contribution in [0.5, 0.6) is 0 Å². The fourth-order valence-electron chi connectivity index (χ4n) is 1.98. The summed E-state index contributed by atoms with van der Waals surface area (Å²) in [6, 6.07) is 0. The molecule has 0 amide bonds. The van der Waals surface area contributed by atoms with E-state index >= 15 is 0 Å². The fourth-order valence-corrected chi connectivity index (χ4v) is 3.81. The van der Waals surface area contributed by atoms with Crippen LogP contribution in [0.1, 0.15) is 43.2 Å². The smallest absolute Gasteiger partial charge is 0.229 e. The molecule has 1 aromatic rings. The molecule has 7 heteroatoms. The van der Waals surface area contributed by atoms with Gasteiger partial charge in [-0.05, 0) is 19.8 Å². The van der Waals surface area contributed by atoms with Gasteiger partial charge in [0.2, 0.25) is 5.89 Å². The van der Waals surface area contributed by atoms with Crippen LogP contribution in [0.4, 0.5) is 0 Å². The van der Waals surface area contributed by atoms with Crippen molar-refractivity contribution in [2.75, 3.05) is 5.75 Å². The molecule has 1 saturated heterocycles. The van der Waals surface area contributed by atoms with Crippen LogP contribution in [0.2, 0.25) is 0 Å². The summed E-state index contributed by atoms with van der Waals surface area (Å²) in [6.45, 7) is 1.61. The zero-order valence-corrected chi connectivity index (χ0v) is 10.5. The average molecular weight is 260 g/mol. The van der Waals surface area contributed by atoms with E-state index in [-0.39, 0.29) is 23.9 Å². The van der Waals surface area contributed by atoms with Crippen LogP contribution in [-0.2, 0) is 16.3 Å². The summed E-state index contributed by atoms with van der Waals surface area (Å²) in [7, 11) is -3.14. The van der Waals surface area contributed by atoms with Gasteiger partial charge in [0.15, 0.2) is 15.7 Å². The standard InChI is InChI=1S/C10H16N2O4S/c1-7(13)6-9-11-10(12-16-9)8-4-2-3-5-17(8,14)15/h7-8,13H,2-6H2,1H3. The minimum Gasteiger partial charge on any atom is -0.393 e. The first-order valence-corrected chi connectivity index (χ1v) is 7.42. The van der Waals surface area contributed by atoms with Gasteiger partial charge in [0.1, 0.15) is 5.25 Å². The van der Waals surface area contributed by atoms with Gasteiger partial charge in [0.25, 0.3) is 0 Å². The Kier molecular flexibility index (Phi) is 3.48. The van der Waals surface area contributed by atoms with E-state index in [4.69, 9.17) is 4.52 Å². The molecule has 1 fully saturated rings. The molecule has 2 unspecified atom stereocenters. The summed E-state index contributed by atoms with van der Waals surface area (Å²) in [5.74, 6) is 0.717. The van der Waals surface area contributed by atoms with Gasteiger partial charge < -0.3 is 9.63 Å². The predicted molar refractivity (Wildman–Crippen MR) is 60.1 cm³/mol. The maximum atomic E-state index is 11.8. The van der Waals surface area contributed by atoms with E-state index < -0.39 is 21.2 Å². The number of aliphatic hydroxyl groups is 1. The lowest BCUT2D eigenvalue weighted by Gasteiger charge is -2.18. The predicted octanol–water partition coefficient (Wildman–Crippen LogP) is 0.633. The van der Waals surface area contributed by atoms with Gasteiger partial charge >= 0.3 is 0 Å². The zero-order chi connectivity index (χ0) is 12.5. The molecule has 96 valence electrons. The zero-order valence-electron chi connectivity index (χ0n) is 9.66. The molecular weight excluding hydrogens is 244 g/mol. The van der Waals surface area contributed by atoms with Crippen molar-refractivity contribution >= 4 is 9.84 Å². The molecule has 2 rings (SSSR count). The quantitative estimate of drug-likeness (QED) is 0.856. The van der Waals surface area contributed by atoms with Crippen molar-refractivity contribution in [1.82, 2.24) is 10.1 Å². The average Bonchev–Trinajstić information content (AvgIpc) is 2.64. The van der Waals surface area contributed by atoms with Crippen molar-refractivity contribution in [3.05, 3.63) is 11.7 Å². The molecule has 1 N–H and O–H groups in total. The van der Waals surface area contributed by atoms with Crippen LogP contribution in [0.15, 0.2) is 4.52 Å². The Morgan fingerprint density at radius 1 is 1.53 bits per heavy atom. The summed E-state index contributed by atoms with van der Waals surface area (Å²) in [6.07, 6.45) is 1.79. The van der Waals surface area contributed by atoms with Gasteiger partial charge in [0.05, 0.1) is 18.3 Å². The Balaban J connectivity index is 2.19. The number of hydrogen-bond acceptors (Lipinski definition) is 6. The second kappa shape index (κ2) is 4.73. The largest absolute Gasteiger partial charge is 0.393 e. The third-order valence-electron chi connectivity index (χ3n) is 2.82. The molecule has 1 aliphatic rings. The molecule has 0 aliphatic carbocycles. The monoisotopic (exact) mass is 260 g/mol. The number of aliphatic hydroxyl groups excluding tert-OH is 1. The van der Waals surface area contributed by atoms with Gasteiger partial charge in [-0.15, -0.1) is 0 Å². The lowest BCUT2D eigenvalue weighted by molar-refractivity contribution is 0.181. The Morgan fingerprint density at radius 2 is 2.29 bits per heavy atom. The molecule has 0 aromatic carbocycles. The van der Waals surface area contributed by atoms with Crippen LogP contribution in [0.25, 0.3) is 0 Å². The SMILES string of the molecule is CC(O)Cc1nc(C2CCCCS2(=O)=O)no1. The Morgan fingerprint density at radius 3 is 2.94 bits per heavy atom. The molecule has 2 heterocycles. The number of hydrogen-bond donors (Lipinski definition) is 1. The van der Waals surface area contributed by atoms with Crippen LogP contribution >= 0.6 is 0 Å². The normalized spacial score (nSPS) is 25.6. The first kappa shape index (κ1) is 12.5. The van der Waals surface area contributed by atoms with Crippen LogP contribution in [-0.4, -0.2) is 35.5 Å². The summed E-state index contributed by atoms with van der Waals surface area (Å²) in [4.78, 5) is 4.05. The highest BCUT2D eigenvalue weighted by Crippen LogP contribution is 2.31. The highest BCUT2D eigenvalue weighted by molar-refractivity contribution is 7.91.